The summed E-state index contributed by atoms with van der Waals surface area (Å²) >= 11 is 0. The van der Waals surface area contributed by atoms with Gasteiger partial charge in [0.1, 0.15) is 0 Å². The van der Waals surface area contributed by atoms with E-state index >= 15 is 0 Å². The van der Waals surface area contributed by atoms with Crippen LogP contribution < -0.4 is 0 Å². The second-order valence-electron chi connectivity index (χ2n) is 9.03. The number of hydrogen-bond acceptors (Lipinski definition) is 2. The Morgan fingerprint density at radius 2 is 1.35 bits per heavy atom. The highest BCUT2D eigenvalue weighted by Gasteiger charge is 2.46. The van der Waals surface area contributed by atoms with E-state index in [-0.39, 0.29) is 0 Å². The van der Waals surface area contributed by atoms with E-state index in [1.807, 2.05) is 0 Å². The van der Waals surface area contributed by atoms with E-state index in [2.05, 4.69) is 58.3 Å². The summed E-state index contributed by atoms with van der Waals surface area (Å²) in [7, 11) is 0. The average molecular weight is 280 g/mol. The van der Waals surface area contributed by atoms with E-state index in [9.17, 15) is 0 Å². The normalized spacial score (nSPS) is 30.8. The van der Waals surface area contributed by atoms with Crippen LogP contribution in [-0.4, -0.2) is 47.1 Å². The molecule has 2 rings (SSSR count). The first kappa shape index (κ1) is 16.3. The van der Waals surface area contributed by atoms with Crippen molar-refractivity contribution in [2.75, 3.05) is 26.2 Å². The minimum Gasteiger partial charge on any atom is -0.298 e. The van der Waals surface area contributed by atoms with Crippen molar-refractivity contribution in [3.63, 3.8) is 0 Å². The van der Waals surface area contributed by atoms with Crippen molar-refractivity contribution in [2.24, 2.45) is 17.8 Å². The van der Waals surface area contributed by atoms with Gasteiger partial charge in [-0.05, 0) is 58.8 Å². The Bertz CT molecular complexity index is 315. The highest BCUT2D eigenvalue weighted by Crippen LogP contribution is 2.39. The molecular weight excluding hydrogens is 244 g/mol. The van der Waals surface area contributed by atoms with E-state index in [1.54, 1.807) is 0 Å². The number of fused-ring (bicyclic) bond motifs is 1. The third kappa shape index (κ3) is 3.39. The largest absolute Gasteiger partial charge is 0.298 e. The van der Waals surface area contributed by atoms with Crippen molar-refractivity contribution in [3.8, 4) is 0 Å². The van der Waals surface area contributed by atoms with Gasteiger partial charge in [-0.15, -0.1) is 0 Å². The van der Waals surface area contributed by atoms with E-state index in [0.29, 0.717) is 11.1 Å². The van der Waals surface area contributed by atoms with Gasteiger partial charge in [-0.1, -0.05) is 20.3 Å². The van der Waals surface area contributed by atoms with Gasteiger partial charge in [-0.3, -0.25) is 9.80 Å². The molecule has 2 saturated heterocycles. The molecule has 2 heterocycles. The Morgan fingerprint density at radius 1 is 0.900 bits per heavy atom. The summed E-state index contributed by atoms with van der Waals surface area (Å²) < 4.78 is 0. The van der Waals surface area contributed by atoms with Crippen LogP contribution in [0.4, 0.5) is 0 Å². The predicted octanol–water partition coefficient (Wildman–Crippen LogP) is 3.86. The van der Waals surface area contributed by atoms with Crippen molar-refractivity contribution in [1.29, 1.82) is 0 Å². The molecule has 0 N–H and O–H groups in total. The lowest BCUT2D eigenvalue weighted by Gasteiger charge is -2.39. The van der Waals surface area contributed by atoms with Crippen LogP contribution in [0, 0.1) is 17.8 Å². The summed E-state index contributed by atoms with van der Waals surface area (Å²) in [6, 6.07) is 0. The van der Waals surface area contributed by atoms with Crippen LogP contribution in [0.3, 0.4) is 0 Å². The summed E-state index contributed by atoms with van der Waals surface area (Å²) in [5.74, 6) is 2.66. The van der Waals surface area contributed by atoms with Gasteiger partial charge >= 0.3 is 0 Å². The minimum atomic E-state index is 0.349. The molecule has 2 nitrogen and oxygen atoms in total. The fourth-order valence-electron chi connectivity index (χ4n) is 4.16. The van der Waals surface area contributed by atoms with Crippen molar-refractivity contribution in [3.05, 3.63) is 0 Å². The van der Waals surface area contributed by atoms with Gasteiger partial charge in [0.05, 0.1) is 0 Å². The summed E-state index contributed by atoms with van der Waals surface area (Å²) in [4.78, 5) is 5.48. The molecule has 2 aliphatic heterocycles. The maximum Gasteiger partial charge on any atom is 0.0156 e. The highest BCUT2D eigenvalue weighted by molar-refractivity contribution is 5.00. The third-order valence-corrected chi connectivity index (χ3v) is 5.84. The van der Waals surface area contributed by atoms with Crippen molar-refractivity contribution in [1.82, 2.24) is 9.80 Å². The molecule has 0 aromatic heterocycles. The molecule has 0 amide bonds. The lowest BCUT2D eigenvalue weighted by Crippen LogP contribution is -2.46. The second kappa shape index (κ2) is 5.61. The van der Waals surface area contributed by atoms with Crippen LogP contribution in [0.5, 0.6) is 0 Å². The Balaban J connectivity index is 1.92. The van der Waals surface area contributed by atoms with Gasteiger partial charge in [-0.2, -0.15) is 0 Å². The van der Waals surface area contributed by atoms with Crippen LogP contribution in [0.15, 0.2) is 0 Å². The fourth-order valence-corrected chi connectivity index (χ4v) is 4.16. The van der Waals surface area contributed by atoms with Crippen molar-refractivity contribution >= 4 is 0 Å². The van der Waals surface area contributed by atoms with Gasteiger partial charge in [0.2, 0.25) is 0 Å². The SMILES string of the molecule is CCC(C)CC(C)(C)N1CC2CN(C(C)(C)C)CC2C1. The smallest absolute Gasteiger partial charge is 0.0156 e. The standard InChI is InChI=1S/C18H36N2/c1-8-14(2)9-18(6,7)20-12-15-10-19(17(3,4)5)11-16(15)13-20/h14-16H,8-13H2,1-7H3. The maximum atomic E-state index is 2.79. The van der Waals surface area contributed by atoms with Crippen molar-refractivity contribution < 1.29 is 0 Å². The number of rotatable bonds is 4. The fraction of sp³-hybridized carbons (Fsp3) is 1.00. The second-order valence-corrected chi connectivity index (χ2v) is 9.03. The van der Waals surface area contributed by atoms with E-state index in [0.717, 1.165) is 17.8 Å². The van der Waals surface area contributed by atoms with Crippen molar-refractivity contribution in [2.45, 2.75) is 72.4 Å². The van der Waals surface area contributed by atoms with Gasteiger partial charge in [0, 0.05) is 37.3 Å². The van der Waals surface area contributed by atoms with Gasteiger partial charge in [0.15, 0.2) is 0 Å². The quantitative estimate of drug-likeness (QED) is 0.771. The molecule has 0 aromatic carbocycles. The number of likely N-dealkylation sites (tertiary alicyclic amines) is 2. The van der Waals surface area contributed by atoms with E-state index in [4.69, 9.17) is 0 Å². The Labute approximate surface area is 126 Å². The van der Waals surface area contributed by atoms with Gasteiger partial charge in [-0.25, -0.2) is 0 Å². The van der Waals surface area contributed by atoms with Gasteiger partial charge < -0.3 is 0 Å². The molecule has 0 radical (unpaired) electrons. The first-order chi connectivity index (χ1) is 9.13. The van der Waals surface area contributed by atoms with E-state index in [1.165, 1.54) is 39.0 Å². The molecule has 2 aliphatic rings. The third-order valence-electron chi connectivity index (χ3n) is 5.84. The molecule has 0 bridgehead atoms. The Morgan fingerprint density at radius 3 is 1.75 bits per heavy atom. The molecule has 0 spiro atoms. The number of nitrogens with zero attached hydrogens (tertiary/aromatic N) is 2. The zero-order valence-electron chi connectivity index (χ0n) is 14.9. The predicted molar refractivity (Wildman–Crippen MR) is 88.0 cm³/mol. The van der Waals surface area contributed by atoms with Crippen LogP contribution in [0.25, 0.3) is 0 Å². The average Bonchev–Trinajstić information content (AvgIpc) is 2.84. The summed E-state index contributed by atoms with van der Waals surface area (Å²) in [6.45, 7) is 22.0. The summed E-state index contributed by atoms with van der Waals surface area (Å²) in [5, 5.41) is 0. The monoisotopic (exact) mass is 280 g/mol. The van der Waals surface area contributed by atoms with Gasteiger partial charge in [0.25, 0.3) is 0 Å². The first-order valence-corrected chi connectivity index (χ1v) is 8.63. The molecule has 20 heavy (non-hydrogen) atoms. The van der Waals surface area contributed by atoms with Crippen LogP contribution >= 0.6 is 0 Å². The first-order valence-electron chi connectivity index (χ1n) is 8.63. The number of hydrogen-bond donors (Lipinski definition) is 0. The Hall–Kier alpha value is -0.0800. The zero-order chi connectivity index (χ0) is 15.1. The molecule has 118 valence electrons. The van der Waals surface area contributed by atoms with Crippen LogP contribution in [0.2, 0.25) is 0 Å². The lowest BCUT2D eigenvalue weighted by molar-refractivity contribution is 0.0933. The molecule has 0 saturated carbocycles. The summed E-state index contributed by atoms with van der Waals surface area (Å²) in [5.41, 5.74) is 0.730. The molecule has 0 aromatic rings. The maximum absolute atomic E-state index is 2.79. The molecular formula is C18H36N2. The molecule has 3 atom stereocenters. The molecule has 2 heteroatoms. The van der Waals surface area contributed by atoms with Crippen LogP contribution in [0.1, 0.15) is 61.3 Å². The highest BCUT2D eigenvalue weighted by atomic mass is 15.3. The molecule has 2 fully saturated rings. The summed E-state index contributed by atoms with van der Waals surface area (Å²) in [6.07, 6.45) is 2.65. The molecule has 0 aliphatic carbocycles. The Kier molecular flexibility index (Phi) is 4.57. The van der Waals surface area contributed by atoms with E-state index < -0.39 is 0 Å². The molecule has 3 unspecified atom stereocenters. The zero-order valence-corrected chi connectivity index (χ0v) is 14.9. The lowest BCUT2D eigenvalue weighted by atomic mass is 9.89. The van der Waals surface area contributed by atoms with Crippen LogP contribution in [-0.2, 0) is 0 Å². The minimum absolute atomic E-state index is 0.349. The topological polar surface area (TPSA) is 6.48 Å².